The average Bonchev–Trinajstić information content (AvgIpc) is 2.83. The third kappa shape index (κ3) is 2.15. The number of nitrogens with two attached hydrogens (primary N) is 1. The molecule has 100 valence electrons. The van der Waals surface area contributed by atoms with Gasteiger partial charge in [0.25, 0.3) is 0 Å². The molecule has 2 nitrogen and oxygen atoms in total. The highest BCUT2D eigenvalue weighted by Gasteiger charge is 2.39. The van der Waals surface area contributed by atoms with Gasteiger partial charge in [0.05, 0.1) is 6.61 Å². The fraction of sp³-hybridized carbons (Fsp3) is 0.571. The van der Waals surface area contributed by atoms with Crippen molar-refractivity contribution in [3.8, 4) is 0 Å². The van der Waals surface area contributed by atoms with E-state index in [0.29, 0.717) is 5.56 Å². The molecule has 0 amide bonds. The fourth-order valence-electron chi connectivity index (χ4n) is 2.96. The summed E-state index contributed by atoms with van der Waals surface area (Å²) in [7, 11) is 1.50. The first-order chi connectivity index (χ1) is 8.64. The van der Waals surface area contributed by atoms with Gasteiger partial charge in [-0.15, -0.1) is 0 Å². The zero-order valence-corrected chi connectivity index (χ0v) is 10.6. The first-order valence-corrected chi connectivity index (χ1v) is 6.31. The van der Waals surface area contributed by atoms with Crippen molar-refractivity contribution in [3.05, 3.63) is 34.9 Å². The van der Waals surface area contributed by atoms with Gasteiger partial charge in [0, 0.05) is 30.2 Å². The third-order valence-corrected chi connectivity index (χ3v) is 3.95. The lowest BCUT2D eigenvalue weighted by atomic mass is 9.77. The molecule has 0 saturated heterocycles. The lowest BCUT2D eigenvalue weighted by molar-refractivity contribution is 0.180. The lowest BCUT2D eigenvalue weighted by Crippen LogP contribution is -2.34. The van der Waals surface area contributed by atoms with Crippen molar-refractivity contribution < 1.29 is 13.5 Å². The van der Waals surface area contributed by atoms with Crippen LogP contribution in [-0.4, -0.2) is 13.7 Å². The van der Waals surface area contributed by atoms with Crippen LogP contribution >= 0.6 is 0 Å². The summed E-state index contributed by atoms with van der Waals surface area (Å²) in [5.74, 6) is -0.969. The highest BCUT2D eigenvalue weighted by Crippen LogP contribution is 2.43. The second-order valence-electron chi connectivity index (χ2n) is 5.02. The van der Waals surface area contributed by atoms with Crippen LogP contribution in [0.25, 0.3) is 0 Å². The zero-order valence-electron chi connectivity index (χ0n) is 10.6. The minimum Gasteiger partial charge on any atom is -0.380 e. The molecule has 0 unspecified atom stereocenters. The smallest absolute Gasteiger partial charge is 0.135 e. The topological polar surface area (TPSA) is 35.2 Å². The predicted octanol–water partition coefficient (Wildman–Crippen LogP) is 2.88. The Labute approximate surface area is 106 Å². The number of hydrogen-bond acceptors (Lipinski definition) is 2. The lowest BCUT2D eigenvalue weighted by Gasteiger charge is -2.29. The Morgan fingerprint density at radius 3 is 2.50 bits per heavy atom. The van der Waals surface area contributed by atoms with E-state index in [9.17, 15) is 8.78 Å². The van der Waals surface area contributed by atoms with Crippen molar-refractivity contribution in [1.82, 2.24) is 0 Å². The number of methoxy groups -OCH3 is 1. The quantitative estimate of drug-likeness (QED) is 0.897. The number of benzene rings is 1. The summed E-state index contributed by atoms with van der Waals surface area (Å²) < 4.78 is 33.4. The van der Waals surface area contributed by atoms with Gasteiger partial charge in [0.2, 0.25) is 0 Å². The molecular formula is C14H19F2NO. The molecule has 0 bridgehead atoms. The molecule has 4 heteroatoms. The van der Waals surface area contributed by atoms with Crippen LogP contribution in [0.3, 0.4) is 0 Å². The van der Waals surface area contributed by atoms with Gasteiger partial charge in [0.1, 0.15) is 11.6 Å². The molecule has 1 aliphatic carbocycles. The number of hydrogen-bond donors (Lipinski definition) is 1. The maximum Gasteiger partial charge on any atom is 0.135 e. The summed E-state index contributed by atoms with van der Waals surface area (Å²) in [6.45, 7) is 0.442. The molecule has 0 atom stereocenters. The highest BCUT2D eigenvalue weighted by atomic mass is 19.1. The second-order valence-corrected chi connectivity index (χ2v) is 5.02. The van der Waals surface area contributed by atoms with Gasteiger partial charge in [-0.05, 0) is 18.9 Å². The standard InChI is InChI=1S/C14H19F2NO/c1-18-8-10-4-5-11(15)12(13(10)16)14(9-17)6-2-3-7-14/h4-5H,2-3,6-9,17H2,1H3. The van der Waals surface area contributed by atoms with E-state index in [-0.39, 0.29) is 18.7 Å². The summed E-state index contributed by atoms with van der Waals surface area (Å²) >= 11 is 0. The summed E-state index contributed by atoms with van der Waals surface area (Å²) in [5, 5.41) is 0. The SMILES string of the molecule is COCc1ccc(F)c(C2(CN)CCCC2)c1F. The molecule has 1 fully saturated rings. The molecule has 2 rings (SSSR count). The molecule has 0 radical (unpaired) electrons. The molecule has 18 heavy (non-hydrogen) atoms. The summed E-state index contributed by atoms with van der Waals surface area (Å²) in [4.78, 5) is 0. The number of rotatable bonds is 4. The summed E-state index contributed by atoms with van der Waals surface area (Å²) in [5.41, 5.74) is 5.83. The second kappa shape index (κ2) is 5.33. The van der Waals surface area contributed by atoms with Crippen molar-refractivity contribution in [2.45, 2.75) is 37.7 Å². The van der Waals surface area contributed by atoms with Crippen LogP contribution < -0.4 is 5.73 Å². The van der Waals surface area contributed by atoms with Gasteiger partial charge in [-0.3, -0.25) is 0 Å². The molecule has 0 aliphatic heterocycles. The van der Waals surface area contributed by atoms with Crippen LogP contribution in [-0.2, 0) is 16.8 Å². The van der Waals surface area contributed by atoms with Gasteiger partial charge in [0.15, 0.2) is 0 Å². The minimum atomic E-state index is -0.530. The van der Waals surface area contributed by atoms with Crippen LogP contribution in [0, 0.1) is 11.6 Å². The Morgan fingerprint density at radius 2 is 1.94 bits per heavy atom. The molecular weight excluding hydrogens is 236 g/mol. The van der Waals surface area contributed by atoms with Crippen LogP contribution in [0.15, 0.2) is 12.1 Å². The van der Waals surface area contributed by atoms with Gasteiger partial charge >= 0.3 is 0 Å². The van der Waals surface area contributed by atoms with E-state index in [0.717, 1.165) is 25.7 Å². The van der Waals surface area contributed by atoms with Crippen molar-refractivity contribution >= 4 is 0 Å². The minimum absolute atomic E-state index is 0.153. The third-order valence-electron chi connectivity index (χ3n) is 3.95. The van der Waals surface area contributed by atoms with Crippen molar-refractivity contribution in [2.75, 3.05) is 13.7 Å². The molecule has 1 saturated carbocycles. The van der Waals surface area contributed by atoms with Gasteiger partial charge in [-0.25, -0.2) is 8.78 Å². The molecule has 1 aromatic carbocycles. The molecule has 0 heterocycles. The van der Waals surface area contributed by atoms with Crippen LogP contribution in [0.1, 0.15) is 36.8 Å². The van der Waals surface area contributed by atoms with Crippen LogP contribution in [0.5, 0.6) is 0 Å². The van der Waals surface area contributed by atoms with Gasteiger partial charge < -0.3 is 10.5 Å². The first kappa shape index (κ1) is 13.4. The van der Waals surface area contributed by atoms with Crippen molar-refractivity contribution in [3.63, 3.8) is 0 Å². The predicted molar refractivity (Wildman–Crippen MR) is 66.3 cm³/mol. The zero-order chi connectivity index (χ0) is 13.2. The first-order valence-electron chi connectivity index (χ1n) is 6.31. The Bertz CT molecular complexity index is 428. The van der Waals surface area contributed by atoms with E-state index in [1.165, 1.54) is 19.2 Å². The van der Waals surface area contributed by atoms with E-state index in [1.807, 2.05) is 0 Å². The molecule has 1 aromatic rings. The van der Waals surface area contributed by atoms with E-state index < -0.39 is 17.0 Å². The molecule has 2 N–H and O–H groups in total. The maximum atomic E-state index is 14.4. The average molecular weight is 255 g/mol. The Morgan fingerprint density at radius 1 is 1.28 bits per heavy atom. The van der Waals surface area contributed by atoms with E-state index in [2.05, 4.69) is 0 Å². The molecule has 0 aromatic heterocycles. The largest absolute Gasteiger partial charge is 0.380 e. The fourth-order valence-corrected chi connectivity index (χ4v) is 2.96. The Kier molecular flexibility index (Phi) is 3.97. The summed E-state index contributed by atoms with van der Waals surface area (Å²) in [6.07, 6.45) is 3.47. The van der Waals surface area contributed by atoms with Gasteiger partial charge in [-0.1, -0.05) is 18.9 Å². The van der Waals surface area contributed by atoms with Crippen molar-refractivity contribution in [1.29, 1.82) is 0 Å². The van der Waals surface area contributed by atoms with E-state index >= 15 is 0 Å². The van der Waals surface area contributed by atoms with E-state index in [4.69, 9.17) is 10.5 Å². The van der Waals surface area contributed by atoms with Gasteiger partial charge in [-0.2, -0.15) is 0 Å². The number of halogens is 2. The van der Waals surface area contributed by atoms with E-state index in [1.54, 1.807) is 0 Å². The summed E-state index contributed by atoms with van der Waals surface area (Å²) in [6, 6.07) is 2.76. The maximum absolute atomic E-state index is 14.4. The highest BCUT2D eigenvalue weighted by molar-refractivity contribution is 5.35. The normalized spacial score (nSPS) is 18.2. The molecule has 1 aliphatic rings. The Hall–Kier alpha value is -1.00. The number of ether oxygens (including phenoxy) is 1. The molecule has 0 spiro atoms. The monoisotopic (exact) mass is 255 g/mol. The van der Waals surface area contributed by atoms with Crippen LogP contribution in [0.2, 0.25) is 0 Å². The Balaban J connectivity index is 2.51. The van der Waals surface area contributed by atoms with Crippen LogP contribution in [0.4, 0.5) is 8.78 Å². The van der Waals surface area contributed by atoms with Crippen molar-refractivity contribution in [2.24, 2.45) is 5.73 Å².